The summed E-state index contributed by atoms with van der Waals surface area (Å²) in [5, 5.41) is 4.72. The smallest absolute Gasteiger partial charge is 0.0455 e. The number of benzene rings is 1. The summed E-state index contributed by atoms with van der Waals surface area (Å²) in [5.41, 5.74) is 1.07. The van der Waals surface area contributed by atoms with Crippen molar-refractivity contribution >= 4 is 35.0 Å². The maximum atomic E-state index is 6.10. The molecule has 0 amide bonds. The van der Waals surface area contributed by atoms with Crippen LogP contribution in [0.3, 0.4) is 0 Å². The molecule has 0 saturated carbocycles. The van der Waals surface area contributed by atoms with Gasteiger partial charge in [-0.2, -0.15) is 11.8 Å². The summed E-state index contributed by atoms with van der Waals surface area (Å²) in [7, 11) is 1.93. The van der Waals surface area contributed by atoms with E-state index in [1.807, 2.05) is 19.2 Å². The Morgan fingerprint density at radius 2 is 2.14 bits per heavy atom. The molecule has 0 aromatic heterocycles. The molecule has 14 heavy (non-hydrogen) atoms. The SMILES string of the molecule is CNC(CSC)c1cc(Cl)ccc1Cl. The van der Waals surface area contributed by atoms with Crippen LogP contribution in [0.4, 0.5) is 0 Å². The summed E-state index contributed by atoms with van der Waals surface area (Å²) in [6, 6.07) is 5.82. The summed E-state index contributed by atoms with van der Waals surface area (Å²) < 4.78 is 0. The number of thioether (sulfide) groups is 1. The van der Waals surface area contributed by atoms with Crippen molar-refractivity contribution in [1.82, 2.24) is 5.32 Å². The lowest BCUT2D eigenvalue weighted by molar-refractivity contribution is 0.662. The third kappa shape index (κ3) is 3.06. The topological polar surface area (TPSA) is 12.0 Å². The number of hydrogen-bond donors (Lipinski definition) is 1. The van der Waals surface area contributed by atoms with Gasteiger partial charge in [0.1, 0.15) is 0 Å². The molecule has 0 aliphatic carbocycles. The molecule has 0 heterocycles. The van der Waals surface area contributed by atoms with E-state index in [0.29, 0.717) is 0 Å². The van der Waals surface area contributed by atoms with Crippen LogP contribution in [-0.2, 0) is 0 Å². The first-order valence-corrected chi connectivity index (χ1v) is 6.45. The van der Waals surface area contributed by atoms with Crippen molar-refractivity contribution in [2.45, 2.75) is 6.04 Å². The molecule has 0 saturated heterocycles. The average Bonchev–Trinajstić information content (AvgIpc) is 2.18. The van der Waals surface area contributed by atoms with Gasteiger partial charge in [-0.3, -0.25) is 0 Å². The highest BCUT2D eigenvalue weighted by Crippen LogP contribution is 2.27. The summed E-state index contributed by atoms with van der Waals surface area (Å²) in [6.45, 7) is 0. The molecule has 0 aliphatic rings. The molecule has 1 aromatic carbocycles. The van der Waals surface area contributed by atoms with Gasteiger partial charge in [0.2, 0.25) is 0 Å². The van der Waals surface area contributed by atoms with Crippen LogP contribution >= 0.6 is 35.0 Å². The monoisotopic (exact) mass is 249 g/mol. The van der Waals surface area contributed by atoms with Gasteiger partial charge < -0.3 is 5.32 Å². The van der Waals surface area contributed by atoms with Gasteiger partial charge in [-0.05, 0) is 37.1 Å². The lowest BCUT2D eigenvalue weighted by Gasteiger charge is -2.16. The normalized spacial score (nSPS) is 12.9. The second kappa shape index (κ2) is 5.86. The van der Waals surface area contributed by atoms with Crippen molar-refractivity contribution in [1.29, 1.82) is 0 Å². The van der Waals surface area contributed by atoms with E-state index in [0.717, 1.165) is 21.4 Å². The predicted octanol–water partition coefficient (Wildman–Crippen LogP) is 3.62. The van der Waals surface area contributed by atoms with Crippen LogP contribution in [0, 0.1) is 0 Å². The molecule has 0 aliphatic heterocycles. The lowest BCUT2D eigenvalue weighted by atomic mass is 10.1. The summed E-state index contributed by atoms with van der Waals surface area (Å²) in [4.78, 5) is 0. The highest BCUT2D eigenvalue weighted by atomic mass is 35.5. The molecule has 1 rings (SSSR count). The zero-order valence-corrected chi connectivity index (χ0v) is 10.5. The Morgan fingerprint density at radius 3 is 2.71 bits per heavy atom. The van der Waals surface area contributed by atoms with Crippen LogP contribution in [-0.4, -0.2) is 19.1 Å². The van der Waals surface area contributed by atoms with Crippen LogP contribution in [0.25, 0.3) is 0 Å². The fraction of sp³-hybridized carbons (Fsp3) is 0.400. The Labute approximate surface area is 99.2 Å². The second-order valence-corrected chi connectivity index (χ2v) is 4.72. The molecule has 1 unspecified atom stereocenters. The van der Waals surface area contributed by atoms with E-state index < -0.39 is 0 Å². The Kier molecular flexibility index (Phi) is 5.10. The number of halogens is 2. The molecular formula is C10H13Cl2NS. The van der Waals surface area contributed by atoms with Crippen molar-refractivity contribution in [3.05, 3.63) is 33.8 Å². The molecule has 1 aromatic rings. The summed E-state index contributed by atoms with van der Waals surface area (Å²) in [6.07, 6.45) is 2.07. The van der Waals surface area contributed by atoms with Crippen molar-refractivity contribution < 1.29 is 0 Å². The first-order chi connectivity index (χ1) is 6.69. The summed E-state index contributed by atoms with van der Waals surface area (Å²) in [5.74, 6) is 0.983. The highest BCUT2D eigenvalue weighted by Gasteiger charge is 2.12. The molecular weight excluding hydrogens is 237 g/mol. The van der Waals surface area contributed by atoms with E-state index >= 15 is 0 Å². The van der Waals surface area contributed by atoms with Crippen LogP contribution < -0.4 is 5.32 Å². The van der Waals surface area contributed by atoms with E-state index in [4.69, 9.17) is 23.2 Å². The van der Waals surface area contributed by atoms with Crippen molar-refractivity contribution in [2.24, 2.45) is 0 Å². The van der Waals surface area contributed by atoms with Crippen molar-refractivity contribution in [3.63, 3.8) is 0 Å². The van der Waals surface area contributed by atoms with Crippen molar-refractivity contribution in [3.8, 4) is 0 Å². The van der Waals surface area contributed by atoms with E-state index in [9.17, 15) is 0 Å². The van der Waals surface area contributed by atoms with Gasteiger partial charge in [-0.15, -0.1) is 0 Å². The second-order valence-electron chi connectivity index (χ2n) is 2.96. The van der Waals surface area contributed by atoms with Gasteiger partial charge in [0.25, 0.3) is 0 Å². The third-order valence-corrected chi connectivity index (χ3v) is 3.26. The standard InChI is InChI=1S/C10H13Cl2NS/c1-13-10(6-14-2)8-5-7(11)3-4-9(8)12/h3-5,10,13H,6H2,1-2H3. The number of nitrogens with one attached hydrogen (secondary N) is 1. The highest BCUT2D eigenvalue weighted by molar-refractivity contribution is 7.98. The predicted molar refractivity (Wildman–Crippen MR) is 66.6 cm³/mol. The zero-order valence-electron chi connectivity index (χ0n) is 8.18. The first-order valence-electron chi connectivity index (χ1n) is 4.30. The molecule has 0 bridgehead atoms. The average molecular weight is 250 g/mol. The quantitative estimate of drug-likeness (QED) is 0.875. The minimum absolute atomic E-state index is 0.260. The molecule has 0 radical (unpaired) electrons. The van der Waals surface area contributed by atoms with Crippen LogP contribution in [0.15, 0.2) is 18.2 Å². The first kappa shape index (κ1) is 12.2. The third-order valence-electron chi connectivity index (χ3n) is 2.02. The largest absolute Gasteiger partial charge is 0.312 e. The fourth-order valence-electron chi connectivity index (χ4n) is 1.28. The van der Waals surface area contributed by atoms with Gasteiger partial charge in [0.05, 0.1) is 0 Å². The molecule has 1 N–H and O–H groups in total. The Hall–Kier alpha value is 0.110. The minimum atomic E-state index is 0.260. The maximum absolute atomic E-state index is 6.10. The van der Waals surface area contributed by atoms with Crippen LogP contribution in [0.2, 0.25) is 10.0 Å². The molecule has 0 spiro atoms. The molecule has 0 fully saturated rings. The van der Waals surface area contributed by atoms with Gasteiger partial charge in [-0.25, -0.2) is 0 Å². The zero-order chi connectivity index (χ0) is 10.6. The molecule has 4 heteroatoms. The Balaban J connectivity index is 2.96. The Morgan fingerprint density at radius 1 is 1.43 bits per heavy atom. The van der Waals surface area contributed by atoms with Gasteiger partial charge in [0.15, 0.2) is 0 Å². The molecule has 78 valence electrons. The van der Waals surface area contributed by atoms with E-state index in [1.165, 1.54) is 0 Å². The Bertz CT molecular complexity index is 304. The van der Waals surface area contributed by atoms with Crippen LogP contribution in [0.1, 0.15) is 11.6 Å². The van der Waals surface area contributed by atoms with Crippen molar-refractivity contribution in [2.75, 3.05) is 19.1 Å². The minimum Gasteiger partial charge on any atom is -0.312 e. The van der Waals surface area contributed by atoms with Gasteiger partial charge >= 0.3 is 0 Å². The molecule has 1 nitrogen and oxygen atoms in total. The van der Waals surface area contributed by atoms with E-state index in [-0.39, 0.29) is 6.04 Å². The lowest BCUT2D eigenvalue weighted by Crippen LogP contribution is -2.18. The molecule has 1 atom stereocenters. The van der Waals surface area contributed by atoms with E-state index in [2.05, 4.69) is 11.6 Å². The van der Waals surface area contributed by atoms with E-state index in [1.54, 1.807) is 17.8 Å². The number of rotatable bonds is 4. The number of hydrogen-bond acceptors (Lipinski definition) is 2. The van der Waals surface area contributed by atoms with Gasteiger partial charge in [-0.1, -0.05) is 23.2 Å². The fourth-order valence-corrected chi connectivity index (χ4v) is 2.39. The maximum Gasteiger partial charge on any atom is 0.0455 e. The van der Waals surface area contributed by atoms with Gasteiger partial charge in [0, 0.05) is 21.8 Å². The van der Waals surface area contributed by atoms with Crippen LogP contribution in [0.5, 0.6) is 0 Å². The summed E-state index contributed by atoms with van der Waals surface area (Å²) >= 11 is 13.8.